The Labute approximate surface area is 193 Å². The van der Waals surface area contributed by atoms with Gasteiger partial charge in [0.2, 0.25) is 0 Å². The fraction of sp³-hybridized carbons (Fsp3) is 0.280. The van der Waals surface area contributed by atoms with Gasteiger partial charge in [0, 0.05) is 49.0 Å². The van der Waals surface area contributed by atoms with Crippen molar-refractivity contribution in [2.45, 2.75) is 11.4 Å². The smallest absolute Gasteiger partial charge is 0.161 e. The van der Waals surface area contributed by atoms with Crippen LogP contribution in [0.15, 0.2) is 71.6 Å². The Morgan fingerprint density at radius 1 is 0.875 bits per heavy atom. The number of benzene rings is 3. The highest BCUT2D eigenvalue weighted by atomic mass is 32.2. The molecule has 5 nitrogen and oxygen atoms in total. The molecule has 1 aliphatic heterocycles. The third-order valence-electron chi connectivity index (χ3n) is 5.54. The van der Waals surface area contributed by atoms with Crippen molar-refractivity contribution >= 4 is 23.3 Å². The number of piperazine rings is 1. The molecule has 0 aromatic heterocycles. The van der Waals surface area contributed by atoms with Crippen molar-refractivity contribution in [3.63, 3.8) is 0 Å². The number of halogens is 1. The minimum absolute atomic E-state index is 0.240. The SMILES string of the molecule is COc1ccc(CN2CCN(c3ccc(SNc4cccc(F)c4)cc3)CC2)cc1OC. The summed E-state index contributed by atoms with van der Waals surface area (Å²) in [6.45, 7) is 4.89. The highest BCUT2D eigenvalue weighted by Gasteiger charge is 2.18. The predicted molar refractivity (Wildman–Crippen MR) is 129 cm³/mol. The predicted octanol–water partition coefficient (Wildman–Crippen LogP) is 5.28. The van der Waals surface area contributed by atoms with Gasteiger partial charge in [-0.3, -0.25) is 4.90 Å². The van der Waals surface area contributed by atoms with E-state index in [1.807, 2.05) is 12.1 Å². The minimum Gasteiger partial charge on any atom is -0.493 e. The Hall–Kier alpha value is -2.90. The van der Waals surface area contributed by atoms with Crippen molar-refractivity contribution < 1.29 is 13.9 Å². The lowest BCUT2D eigenvalue weighted by Crippen LogP contribution is -2.45. The number of nitrogens with zero attached hydrogens (tertiary/aromatic N) is 2. The molecular formula is C25H28FN3O2S. The molecular weight excluding hydrogens is 425 g/mol. The van der Waals surface area contributed by atoms with E-state index >= 15 is 0 Å². The zero-order valence-corrected chi connectivity index (χ0v) is 19.2. The van der Waals surface area contributed by atoms with Crippen LogP contribution < -0.4 is 19.1 Å². The quantitative estimate of drug-likeness (QED) is 0.468. The van der Waals surface area contributed by atoms with Crippen LogP contribution >= 0.6 is 11.9 Å². The maximum atomic E-state index is 13.3. The van der Waals surface area contributed by atoms with Gasteiger partial charge in [-0.15, -0.1) is 0 Å². The molecule has 168 valence electrons. The van der Waals surface area contributed by atoms with Crippen LogP contribution in [0.2, 0.25) is 0 Å². The highest BCUT2D eigenvalue weighted by molar-refractivity contribution is 8.00. The van der Waals surface area contributed by atoms with Gasteiger partial charge in [-0.25, -0.2) is 4.39 Å². The Morgan fingerprint density at radius 2 is 1.62 bits per heavy atom. The lowest BCUT2D eigenvalue weighted by atomic mass is 10.1. The molecule has 0 bridgehead atoms. The summed E-state index contributed by atoms with van der Waals surface area (Å²) in [4.78, 5) is 5.97. The summed E-state index contributed by atoms with van der Waals surface area (Å²) >= 11 is 1.48. The largest absolute Gasteiger partial charge is 0.493 e. The number of methoxy groups -OCH3 is 2. The first kappa shape index (κ1) is 22.3. The summed E-state index contributed by atoms with van der Waals surface area (Å²) in [5.41, 5.74) is 3.21. The van der Waals surface area contributed by atoms with Crippen LogP contribution in [0.25, 0.3) is 0 Å². The van der Waals surface area contributed by atoms with Gasteiger partial charge in [-0.2, -0.15) is 0 Å². The van der Waals surface area contributed by atoms with Crippen LogP contribution in [-0.2, 0) is 6.54 Å². The zero-order chi connectivity index (χ0) is 22.3. The fourth-order valence-electron chi connectivity index (χ4n) is 3.80. The maximum absolute atomic E-state index is 13.3. The van der Waals surface area contributed by atoms with Crippen molar-refractivity contribution in [2.24, 2.45) is 0 Å². The number of nitrogens with one attached hydrogen (secondary N) is 1. The van der Waals surface area contributed by atoms with Crippen LogP contribution in [0.5, 0.6) is 11.5 Å². The molecule has 0 atom stereocenters. The molecule has 0 aliphatic carbocycles. The van der Waals surface area contributed by atoms with Gasteiger partial charge in [-0.1, -0.05) is 12.1 Å². The van der Waals surface area contributed by atoms with Gasteiger partial charge in [-0.05, 0) is 72.1 Å². The van der Waals surface area contributed by atoms with Crippen LogP contribution in [0.4, 0.5) is 15.8 Å². The van der Waals surface area contributed by atoms with E-state index in [1.165, 1.54) is 35.3 Å². The Balaban J connectivity index is 1.27. The van der Waals surface area contributed by atoms with E-state index < -0.39 is 0 Å². The molecule has 0 amide bonds. The van der Waals surface area contributed by atoms with Gasteiger partial charge >= 0.3 is 0 Å². The second kappa shape index (κ2) is 10.6. The first-order valence-electron chi connectivity index (χ1n) is 10.6. The zero-order valence-electron chi connectivity index (χ0n) is 18.4. The molecule has 1 N–H and O–H groups in total. The van der Waals surface area contributed by atoms with Gasteiger partial charge in [0.1, 0.15) is 5.82 Å². The van der Waals surface area contributed by atoms with E-state index in [2.05, 4.69) is 50.9 Å². The van der Waals surface area contributed by atoms with Crippen molar-refractivity contribution in [2.75, 3.05) is 50.0 Å². The van der Waals surface area contributed by atoms with Gasteiger partial charge in [0.25, 0.3) is 0 Å². The third kappa shape index (κ3) is 5.66. The second-order valence-corrected chi connectivity index (χ2v) is 8.54. The normalized spacial score (nSPS) is 14.3. The Morgan fingerprint density at radius 3 is 2.31 bits per heavy atom. The molecule has 1 fully saturated rings. The molecule has 0 saturated carbocycles. The Bertz CT molecular complexity index is 1020. The van der Waals surface area contributed by atoms with Crippen molar-refractivity contribution in [3.05, 3.63) is 78.1 Å². The van der Waals surface area contributed by atoms with E-state index in [1.54, 1.807) is 20.3 Å². The van der Waals surface area contributed by atoms with Crippen LogP contribution in [0.3, 0.4) is 0 Å². The van der Waals surface area contributed by atoms with Crippen molar-refractivity contribution in [3.8, 4) is 11.5 Å². The van der Waals surface area contributed by atoms with Crippen LogP contribution in [0, 0.1) is 5.82 Å². The van der Waals surface area contributed by atoms with E-state index in [4.69, 9.17) is 9.47 Å². The third-order valence-corrected chi connectivity index (χ3v) is 6.39. The molecule has 0 spiro atoms. The molecule has 0 radical (unpaired) electrons. The minimum atomic E-state index is -0.240. The molecule has 1 saturated heterocycles. The standard InChI is InChI=1S/C25H28FN3O2S/c1-30-24-11-6-19(16-25(24)31-2)18-28-12-14-29(15-13-28)22-7-9-23(10-8-22)32-27-21-5-3-4-20(26)17-21/h3-11,16-17,27H,12-15,18H2,1-2H3. The van der Waals surface area contributed by atoms with Gasteiger partial charge in [0.05, 0.1) is 14.2 Å². The summed E-state index contributed by atoms with van der Waals surface area (Å²) < 4.78 is 27.2. The summed E-state index contributed by atoms with van der Waals surface area (Å²) in [6, 6.07) is 21.1. The van der Waals surface area contributed by atoms with E-state index in [0.29, 0.717) is 0 Å². The average molecular weight is 454 g/mol. The molecule has 3 aromatic rings. The molecule has 32 heavy (non-hydrogen) atoms. The van der Waals surface area contributed by atoms with Gasteiger partial charge in [0.15, 0.2) is 11.5 Å². The number of anilines is 2. The summed E-state index contributed by atoms with van der Waals surface area (Å²) in [5.74, 6) is 1.29. The lowest BCUT2D eigenvalue weighted by molar-refractivity contribution is 0.249. The highest BCUT2D eigenvalue weighted by Crippen LogP contribution is 2.29. The Kier molecular flexibility index (Phi) is 7.39. The van der Waals surface area contributed by atoms with Crippen molar-refractivity contribution in [1.82, 2.24) is 4.90 Å². The van der Waals surface area contributed by atoms with Crippen molar-refractivity contribution in [1.29, 1.82) is 0 Å². The second-order valence-electron chi connectivity index (χ2n) is 7.66. The average Bonchev–Trinajstić information content (AvgIpc) is 2.83. The summed E-state index contributed by atoms with van der Waals surface area (Å²) in [5, 5.41) is 0. The number of rotatable bonds is 8. The van der Waals surface area contributed by atoms with E-state index in [-0.39, 0.29) is 5.82 Å². The fourth-order valence-corrected chi connectivity index (χ4v) is 4.43. The molecule has 7 heteroatoms. The molecule has 3 aromatic carbocycles. The number of hydrogen-bond donors (Lipinski definition) is 1. The van der Waals surface area contributed by atoms with Crippen LogP contribution in [0.1, 0.15) is 5.56 Å². The topological polar surface area (TPSA) is 37.0 Å². The maximum Gasteiger partial charge on any atom is 0.161 e. The van der Waals surface area contributed by atoms with Gasteiger partial charge < -0.3 is 19.1 Å². The lowest BCUT2D eigenvalue weighted by Gasteiger charge is -2.36. The summed E-state index contributed by atoms with van der Waals surface area (Å²) in [7, 11) is 3.32. The first-order chi connectivity index (χ1) is 15.6. The molecule has 1 heterocycles. The monoisotopic (exact) mass is 453 g/mol. The first-order valence-corrected chi connectivity index (χ1v) is 11.4. The van der Waals surface area contributed by atoms with E-state index in [9.17, 15) is 4.39 Å². The summed E-state index contributed by atoms with van der Waals surface area (Å²) in [6.07, 6.45) is 0. The molecule has 4 rings (SSSR count). The van der Waals surface area contributed by atoms with E-state index in [0.717, 1.165) is 54.8 Å². The molecule has 1 aliphatic rings. The number of ether oxygens (including phenoxy) is 2. The van der Waals surface area contributed by atoms with Crippen LogP contribution in [-0.4, -0.2) is 45.3 Å². The molecule has 0 unspecified atom stereocenters. The number of hydrogen-bond acceptors (Lipinski definition) is 6.